The van der Waals surface area contributed by atoms with Crippen molar-refractivity contribution in [2.45, 2.75) is 57.5 Å². The number of aliphatic carboxylic acids is 1. The van der Waals surface area contributed by atoms with Crippen LogP contribution in [0.2, 0.25) is 0 Å². The molecule has 3 nitrogen and oxygen atoms in total. The normalized spacial score (nSPS) is 18.9. The van der Waals surface area contributed by atoms with Gasteiger partial charge >= 0.3 is 5.97 Å². The van der Waals surface area contributed by atoms with Crippen LogP contribution in [0.3, 0.4) is 0 Å². The first-order valence-electron chi connectivity index (χ1n) is 9.44. The molecule has 1 aliphatic rings. The molecule has 27 heavy (non-hydrogen) atoms. The zero-order valence-electron chi connectivity index (χ0n) is 16.5. The number of carbonyl (C=O) groups is 1. The Morgan fingerprint density at radius 2 is 1.59 bits per heavy atom. The van der Waals surface area contributed by atoms with Gasteiger partial charge < -0.3 is 10.2 Å². The Bertz CT molecular complexity index is 890. The van der Waals surface area contributed by atoms with E-state index in [9.17, 15) is 9.90 Å². The minimum Gasteiger partial charge on any atom is -0.478 e. The van der Waals surface area contributed by atoms with Crippen LogP contribution in [-0.4, -0.2) is 16.2 Å². The minimum atomic E-state index is -0.986. The summed E-state index contributed by atoms with van der Waals surface area (Å²) >= 11 is 0. The molecule has 0 spiro atoms. The highest BCUT2D eigenvalue weighted by Gasteiger charge is 2.37. The Morgan fingerprint density at radius 1 is 0.963 bits per heavy atom. The quantitative estimate of drug-likeness (QED) is 0.732. The van der Waals surface area contributed by atoms with Gasteiger partial charge in [0, 0.05) is 6.08 Å². The maximum Gasteiger partial charge on any atom is 0.328 e. The average molecular weight is 364 g/mol. The number of aliphatic hydroxyl groups excluding tert-OH is 1. The molecule has 0 bridgehead atoms. The molecule has 0 aromatic heterocycles. The molecule has 1 aliphatic carbocycles. The van der Waals surface area contributed by atoms with Crippen LogP contribution in [0.25, 0.3) is 6.08 Å². The van der Waals surface area contributed by atoms with Gasteiger partial charge in [-0.1, -0.05) is 64.1 Å². The van der Waals surface area contributed by atoms with Gasteiger partial charge in [-0.3, -0.25) is 0 Å². The van der Waals surface area contributed by atoms with Gasteiger partial charge in [-0.05, 0) is 63.6 Å². The Labute approximate surface area is 161 Å². The van der Waals surface area contributed by atoms with Crippen LogP contribution in [0, 0.1) is 0 Å². The number of benzene rings is 2. The minimum absolute atomic E-state index is 0.0899. The first-order chi connectivity index (χ1) is 12.6. The van der Waals surface area contributed by atoms with E-state index in [1.54, 1.807) is 0 Å². The summed E-state index contributed by atoms with van der Waals surface area (Å²) in [7, 11) is 0. The second kappa shape index (κ2) is 6.97. The Morgan fingerprint density at radius 3 is 2.26 bits per heavy atom. The molecular formula is C24H28O3. The summed E-state index contributed by atoms with van der Waals surface area (Å²) < 4.78 is 0. The van der Waals surface area contributed by atoms with E-state index < -0.39 is 12.1 Å². The van der Waals surface area contributed by atoms with Crippen molar-refractivity contribution in [2.24, 2.45) is 0 Å². The molecule has 0 amide bonds. The number of carboxylic acids is 1. The van der Waals surface area contributed by atoms with Crippen LogP contribution < -0.4 is 0 Å². The lowest BCUT2D eigenvalue weighted by Gasteiger charge is -2.42. The highest BCUT2D eigenvalue weighted by molar-refractivity contribution is 5.85. The van der Waals surface area contributed by atoms with Crippen LogP contribution in [0.5, 0.6) is 0 Å². The number of rotatable bonds is 4. The number of aliphatic hydroxyl groups is 1. The molecule has 1 atom stereocenters. The summed E-state index contributed by atoms with van der Waals surface area (Å²) in [5.41, 5.74) is 5.32. The molecule has 1 unspecified atom stereocenters. The van der Waals surface area contributed by atoms with E-state index in [1.165, 1.54) is 17.2 Å². The van der Waals surface area contributed by atoms with Crippen molar-refractivity contribution in [3.05, 3.63) is 76.4 Å². The van der Waals surface area contributed by atoms with Crippen LogP contribution in [0.15, 0.2) is 48.5 Å². The summed E-state index contributed by atoms with van der Waals surface area (Å²) in [5, 5.41) is 19.8. The average Bonchev–Trinajstić information content (AvgIpc) is 2.63. The highest BCUT2D eigenvalue weighted by Crippen LogP contribution is 2.46. The lowest BCUT2D eigenvalue weighted by molar-refractivity contribution is -0.131. The first-order valence-corrected chi connectivity index (χ1v) is 9.44. The number of hydrogen-bond acceptors (Lipinski definition) is 2. The zero-order chi connectivity index (χ0) is 19.8. The summed E-state index contributed by atoms with van der Waals surface area (Å²) in [6.45, 7) is 9.12. The van der Waals surface area contributed by atoms with Gasteiger partial charge in [-0.25, -0.2) is 4.79 Å². The number of carboxylic acid groups (broad SMARTS) is 1. The van der Waals surface area contributed by atoms with E-state index >= 15 is 0 Å². The summed E-state index contributed by atoms with van der Waals surface area (Å²) in [6, 6.07) is 13.7. The van der Waals surface area contributed by atoms with Crippen molar-refractivity contribution >= 4 is 12.0 Å². The van der Waals surface area contributed by atoms with E-state index in [1.807, 2.05) is 30.3 Å². The monoisotopic (exact) mass is 364 g/mol. The fraction of sp³-hybridized carbons (Fsp3) is 0.375. The third-order valence-electron chi connectivity index (χ3n) is 5.84. The Kier molecular flexibility index (Phi) is 5.00. The van der Waals surface area contributed by atoms with E-state index in [0.29, 0.717) is 0 Å². The first kappa shape index (κ1) is 19.4. The fourth-order valence-corrected chi connectivity index (χ4v) is 3.97. The van der Waals surface area contributed by atoms with Gasteiger partial charge in [0.05, 0.1) is 0 Å². The zero-order valence-corrected chi connectivity index (χ0v) is 16.5. The van der Waals surface area contributed by atoms with Crippen molar-refractivity contribution in [2.75, 3.05) is 0 Å². The van der Waals surface area contributed by atoms with Crippen molar-refractivity contribution in [1.82, 2.24) is 0 Å². The van der Waals surface area contributed by atoms with Crippen LogP contribution in [0.4, 0.5) is 0 Å². The molecule has 2 aromatic rings. The molecule has 0 radical (unpaired) electrons. The maximum absolute atomic E-state index is 11.0. The van der Waals surface area contributed by atoms with Gasteiger partial charge in [-0.2, -0.15) is 0 Å². The van der Waals surface area contributed by atoms with Crippen molar-refractivity contribution < 1.29 is 15.0 Å². The van der Waals surface area contributed by atoms with Gasteiger partial charge in [-0.15, -0.1) is 0 Å². The smallest absolute Gasteiger partial charge is 0.328 e. The SMILES string of the molecule is CC1(C)CCC(C)(C)c2cc(C(O)c3cccc(/C=C/C(=O)O)c3)ccc21. The second-order valence-electron chi connectivity index (χ2n) is 8.82. The maximum atomic E-state index is 11.0. The van der Waals surface area contributed by atoms with Crippen molar-refractivity contribution in [3.8, 4) is 0 Å². The molecule has 2 aromatic carbocycles. The van der Waals surface area contributed by atoms with E-state index in [-0.39, 0.29) is 10.8 Å². The molecule has 142 valence electrons. The van der Waals surface area contributed by atoms with E-state index in [2.05, 4.69) is 39.8 Å². The standard InChI is InChI=1S/C24H28O3/c1-23(2)12-13-24(3,4)20-15-18(9-10-19(20)23)22(27)17-7-5-6-16(14-17)8-11-21(25)26/h5-11,14-15,22,27H,12-13H2,1-4H3,(H,25,26)/b11-8+. The van der Waals surface area contributed by atoms with Gasteiger partial charge in [0.2, 0.25) is 0 Å². The predicted molar refractivity (Wildman–Crippen MR) is 109 cm³/mol. The van der Waals surface area contributed by atoms with Crippen molar-refractivity contribution in [3.63, 3.8) is 0 Å². The Hall–Kier alpha value is -2.39. The lowest BCUT2D eigenvalue weighted by atomic mass is 9.63. The molecule has 0 saturated carbocycles. The molecule has 3 rings (SSSR count). The predicted octanol–water partition coefficient (Wildman–Crippen LogP) is 5.22. The van der Waals surface area contributed by atoms with Crippen LogP contribution in [-0.2, 0) is 15.6 Å². The van der Waals surface area contributed by atoms with Gasteiger partial charge in [0.25, 0.3) is 0 Å². The molecule has 0 saturated heterocycles. The van der Waals surface area contributed by atoms with Crippen LogP contribution >= 0.6 is 0 Å². The Balaban J connectivity index is 1.98. The lowest BCUT2D eigenvalue weighted by Crippen LogP contribution is -2.34. The topological polar surface area (TPSA) is 57.5 Å². The molecule has 0 aliphatic heterocycles. The second-order valence-corrected chi connectivity index (χ2v) is 8.82. The molecule has 2 N–H and O–H groups in total. The number of fused-ring (bicyclic) bond motifs is 1. The van der Waals surface area contributed by atoms with Gasteiger partial charge in [0.15, 0.2) is 0 Å². The van der Waals surface area contributed by atoms with Crippen LogP contribution in [0.1, 0.15) is 74.5 Å². The molecule has 0 heterocycles. The summed E-state index contributed by atoms with van der Waals surface area (Å²) in [6.07, 6.45) is 4.19. The summed E-state index contributed by atoms with van der Waals surface area (Å²) in [4.78, 5) is 10.7. The summed E-state index contributed by atoms with van der Waals surface area (Å²) in [5.74, 6) is -0.986. The fourth-order valence-electron chi connectivity index (χ4n) is 3.97. The van der Waals surface area contributed by atoms with E-state index in [0.717, 1.165) is 35.6 Å². The third kappa shape index (κ3) is 3.98. The molecular weight excluding hydrogens is 336 g/mol. The highest BCUT2D eigenvalue weighted by atomic mass is 16.4. The van der Waals surface area contributed by atoms with E-state index in [4.69, 9.17) is 5.11 Å². The molecule has 0 fully saturated rings. The van der Waals surface area contributed by atoms with Crippen molar-refractivity contribution in [1.29, 1.82) is 0 Å². The third-order valence-corrected chi connectivity index (χ3v) is 5.84. The molecule has 3 heteroatoms. The largest absolute Gasteiger partial charge is 0.478 e. The van der Waals surface area contributed by atoms with Gasteiger partial charge in [0.1, 0.15) is 6.10 Å². The number of hydrogen-bond donors (Lipinski definition) is 2.